The molecule has 4 aromatic rings. The number of benzene rings is 3. The predicted molar refractivity (Wildman–Crippen MR) is 148 cm³/mol. The molecule has 3 aromatic carbocycles. The molecule has 1 aliphatic heterocycles. The summed E-state index contributed by atoms with van der Waals surface area (Å²) in [7, 11) is 0. The lowest BCUT2D eigenvalue weighted by atomic mass is 10.1. The largest absolute Gasteiger partial charge is 0.457 e. The van der Waals surface area contributed by atoms with E-state index in [9.17, 15) is 9.59 Å². The summed E-state index contributed by atoms with van der Waals surface area (Å²) >= 11 is 7.53. The van der Waals surface area contributed by atoms with Gasteiger partial charge in [-0.2, -0.15) is 0 Å². The van der Waals surface area contributed by atoms with E-state index in [1.165, 1.54) is 0 Å². The fraction of sp³-hybridized carbons (Fsp3) is 0.207. The Balaban J connectivity index is 1.11. The Morgan fingerprint density at radius 3 is 2.55 bits per heavy atom. The molecule has 0 radical (unpaired) electrons. The zero-order valence-corrected chi connectivity index (χ0v) is 22.0. The minimum absolute atomic E-state index is 0.0624. The number of halogens is 1. The maximum absolute atomic E-state index is 13.0. The van der Waals surface area contributed by atoms with Crippen molar-refractivity contribution in [3.05, 3.63) is 101 Å². The summed E-state index contributed by atoms with van der Waals surface area (Å²) in [5, 5.41) is 10.3. The first-order valence-corrected chi connectivity index (χ1v) is 13.7. The number of nitrogens with zero attached hydrogens (tertiary/aromatic N) is 1. The Bertz CT molecular complexity index is 1380. The quantitative estimate of drug-likeness (QED) is 0.289. The zero-order chi connectivity index (χ0) is 26.3. The normalized spacial score (nSPS) is 17.3. The number of para-hydroxylation sites is 1. The van der Waals surface area contributed by atoms with Crippen molar-refractivity contribution in [2.75, 3.05) is 12.3 Å². The third kappa shape index (κ3) is 6.76. The molecule has 2 amide bonds. The molecule has 38 heavy (non-hydrogen) atoms. The smallest absolute Gasteiger partial charge is 0.237 e. The molecule has 7 nitrogen and oxygen atoms in total. The van der Waals surface area contributed by atoms with Crippen molar-refractivity contribution in [1.29, 1.82) is 0 Å². The molecule has 0 bridgehead atoms. The molecule has 0 saturated carbocycles. The van der Waals surface area contributed by atoms with Crippen LogP contribution in [0, 0.1) is 0 Å². The molecule has 1 aromatic heterocycles. The van der Waals surface area contributed by atoms with Crippen LogP contribution in [0.15, 0.2) is 89.5 Å². The van der Waals surface area contributed by atoms with Crippen molar-refractivity contribution in [1.82, 2.24) is 15.8 Å². The van der Waals surface area contributed by atoms with Gasteiger partial charge in [0.1, 0.15) is 16.7 Å². The second-order valence-electron chi connectivity index (χ2n) is 8.90. The van der Waals surface area contributed by atoms with Gasteiger partial charge in [-0.25, -0.2) is 0 Å². The van der Waals surface area contributed by atoms with Crippen molar-refractivity contribution >= 4 is 35.2 Å². The van der Waals surface area contributed by atoms with E-state index >= 15 is 0 Å². The molecule has 1 aliphatic rings. The first-order valence-electron chi connectivity index (χ1n) is 12.3. The van der Waals surface area contributed by atoms with E-state index in [-0.39, 0.29) is 29.5 Å². The van der Waals surface area contributed by atoms with E-state index in [0.717, 1.165) is 29.1 Å². The Hall–Kier alpha value is -3.75. The van der Waals surface area contributed by atoms with Gasteiger partial charge in [-0.15, -0.1) is 11.8 Å². The lowest BCUT2D eigenvalue weighted by Gasteiger charge is -2.18. The Morgan fingerprint density at radius 1 is 1.05 bits per heavy atom. The summed E-state index contributed by atoms with van der Waals surface area (Å²) in [6.07, 6.45) is 0.847. The van der Waals surface area contributed by atoms with Gasteiger partial charge in [0.25, 0.3) is 0 Å². The van der Waals surface area contributed by atoms with Gasteiger partial charge in [-0.1, -0.05) is 47.1 Å². The molecule has 9 heteroatoms. The summed E-state index contributed by atoms with van der Waals surface area (Å²) in [6.45, 7) is 0.351. The summed E-state index contributed by atoms with van der Waals surface area (Å²) < 4.78 is 11.2. The first kappa shape index (κ1) is 25.9. The van der Waals surface area contributed by atoms with Crippen molar-refractivity contribution in [3.63, 3.8) is 0 Å². The molecule has 2 atom stereocenters. The second kappa shape index (κ2) is 12.2. The van der Waals surface area contributed by atoms with Gasteiger partial charge in [0.2, 0.25) is 11.8 Å². The topological polar surface area (TPSA) is 93.5 Å². The number of carbonyl (C=O) groups is 2. The van der Waals surface area contributed by atoms with E-state index in [0.29, 0.717) is 28.8 Å². The lowest BCUT2D eigenvalue weighted by molar-refractivity contribution is -0.123. The summed E-state index contributed by atoms with van der Waals surface area (Å²) in [5.41, 5.74) is 2.29. The molecule has 0 spiro atoms. The van der Waals surface area contributed by atoms with E-state index in [4.69, 9.17) is 20.9 Å². The second-order valence-corrected chi connectivity index (χ2v) is 10.5. The zero-order valence-electron chi connectivity index (χ0n) is 20.4. The Morgan fingerprint density at radius 2 is 1.79 bits per heavy atom. The van der Waals surface area contributed by atoms with Crippen molar-refractivity contribution < 1.29 is 18.8 Å². The molecule has 194 valence electrons. The van der Waals surface area contributed by atoms with Crippen LogP contribution in [0.4, 0.5) is 0 Å². The van der Waals surface area contributed by atoms with Gasteiger partial charge < -0.3 is 19.9 Å². The van der Waals surface area contributed by atoms with Gasteiger partial charge in [-0.05, 0) is 66.3 Å². The first-order chi connectivity index (χ1) is 18.5. The van der Waals surface area contributed by atoms with Crippen LogP contribution in [0.5, 0.6) is 11.5 Å². The van der Waals surface area contributed by atoms with Gasteiger partial charge in [0.15, 0.2) is 5.76 Å². The molecule has 1 fully saturated rings. The van der Waals surface area contributed by atoms with Gasteiger partial charge >= 0.3 is 0 Å². The van der Waals surface area contributed by atoms with E-state index in [1.54, 1.807) is 30.0 Å². The summed E-state index contributed by atoms with van der Waals surface area (Å²) in [6, 6.07) is 26.0. The van der Waals surface area contributed by atoms with E-state index in [2.05, 4.69) is 15.8 Å². The summed E-state index contributed by atoms with van der Waals surface area (Å²) in [5.74, 6) is 2.60. The van der Waals surface area contributed by atoms with Crippen LogP contribution >= 0.6 is 23.4 Å². The molecule has 2 heterocycles. The van der Waals surface area contributed by atoms with Crippen LogP contribution < -0.4 is 15.4 Å². The molecule has 5 rings (SSSR count). The number of rotatable bonds is 8. The highest BCUT2D eigenvalue weighted by Crippen LogP contribution is 2.33. The maximum atomic E-state index is 13.0. The Kier molecular flexibility index (Phi) is 8.31. The van der Waals surface area contributed by atoms with Crippen LogP contribution in [-0.4, -0.2) is 35.3 Å². The molecule has 2 N–H and O–H groups in total. The highest BCUT2D eigenvalue weighted by Gasteiger charge is 2.27. The minimum Gasteiger partial charge on any atom is -0.457 e. The number of ether oxygens (including phenoxy) is 1. The third-order valence-electron chi connectivity index (χ3n) is 6.07. The SMILES string of the molecule is O=C(Cc1cc(-c2ccc(Cl)cc2)on1)NC[C@@H]1CCS[C@H](c2ccc(Oc3ccccc3)cc2)C(=O)N1. The highest BCUT2D eigenvalue weighted by atomic mass is 35.5. The Labute approximate surface area is 229 Å². The fourth-order valence-corrected chi connectivity index (χ4v) is 5.45. The number of thioether (sulfide) groups is 1. The third-order valence-corrected chi connectivity index (χ3v) is 7.62. The van der Waals surface area contributed by atoms with Gasteiger partial charge in [-0.3, -0.25) is 9.59 Å². The van der Waals surface area contributed by atoms with E-state index < -0.39 is 0 Å². The maximum Gasteiger partial charge on any atom is 0.237 e. The lowest BCUT2D eigenvalue weighted by Crippen LogP contribution is -2.44. The van der Waals surface area contributed by atoms with Crippen molar-refractivity contribution in [2.45, 2.75) is 24.1 Å². The predicted octanol–water partition coefficient (Wildman–Crippen LogP) is 5.81. The molecule has 0 aliphatic carbocycles. The molecular weight excluding hydrogens is 522 g/mol. The molecule has 0 unspecified atom stereocenters. The van der Waals surface area contributed by atoms with Crippen LogP contribution in [0.2, 0.25) is 5.02 Å². The highest BCUT2D eigenvalue weighted by molar-refractivity contribution is 8.00. The number of carbonyl (C=O) groups excluding carboxylic acids is 2. The monoisotopic (exact) mass is 547 g/mol. The molecular formula is C29H26ClN3O4S. The van der Waals surface area contributed by atoms with Gasteiger partial charge in [0, 0.05) is 29.2 Å². The standard InChI is InChI=1S/C29H26ClN3O4S/c30-21-10-6-19(7-11-21)26-16-23(33-37-26)17-27(34)31-18-22-14-15-38-28(29(35)32-22)20-8-12-25(13-9-20)36-24-4-2-1-3-5-24/h1-13,16,22,28H,14-15,17-18H2,(H,31,34)(H,32,35)/t22-,28+/m0/s1. The van der Waals surface area contributed by atoms with Crippen LogP contribution in [0.3, 0.4) is 0 Å². The van der Waals surface area contributed by atoms with Crippen LogP contribution in [0.25, 0.3) is 11.3 Å². The molecule has 1 saturated heterocycles. The number of amides is 2. The van der Waals surface area contributed by atoms with Crippen molar-refractivity contribution in [3.8, 4) is 22.8 Å². The summed E-state index contributed by atoms with van der Waals surface area (Å²) in [4.78, 5) is 25.5. The fourth-order valence-electron chi connectivity index (χ4n) is 4.10. The van der Waals surface area contributed by atoms with Gasteiger partial charge in [0.05, 0.1) is 12.1 Å². The number of hydrogen-bond donors (Lipinski definition) is 2. The average Bonchev–Trinajstić information content (AvgIpc) is 3.30. The minimum atomic E-state index is -0.317. The van der Waals surface area contributed by atoms with E-state index in [1.807, 2.05) is 66.7 Å². The van der Waals surface area contributed by atoms with Crippen molar-refractivity contribution in [2.24, 2.45) is 0 Å². The van der Waals surface area contributed by atoms with Crippen LogP contribution in [0.1, 0.15) is 22.9 Å². The number of hydrogen-bond acceptors (Lipinski definition) is 6. The number of aromatic nitrogens is 1. The average molecular weight is 548 g/mol. The number of nitrogens with one attached hydrogen (secondary N) is 2. The van der Waals surface area contributed by atoms with Crippen LogP contribution in [-0.2, 0) is 16.0 Å².